The van der Waals surface area contributed by atoms with Crippen molar-refractivity contribution in [3.63, 3.8) is 0 Å². The molecule has 0 aliphatic carbocycles. The van der Waals surface area contributed by atoms with Crippen molar-refractivity contribution < 1.29 is 0 Å². The predicted octanol–water partition coefficient (Wildman–Crippen LogP) is 3.79. The number of hydrogen-bond acceptors (Lipinski definition) is 3. The van der Waals surface area contributed by atoms with E-state index in [9.17, 15) is 0 Å². The van der Waals surface area contributed by atoms with Crippen LogP contribution >= 0.6 is 11.3 Å². The van der Waals surface area contributed by atoms with Gasteiger partial charge in [0.25, 0.3) is 0 Å². The van der Waals surface area contributed by atoms with Crippen LogP contribution in [0, 0.1) is 0 Å². The van der Waals surface area contributed by atoms with Gasteiger partial charge in [0.15, 0.2) is 0 Å². The van der Waals surface area contributed by atoms with Gasteiger partial charge < -0.3 is 10.6 Å². The van der Waals surface area contributed by atoms with Gasteiger partial charge in [-0.1, -0.05) is 13.0 Å². The van der Waals surface area contributed by atoms with Crippen LogP contribution in [-0.2, 0) is 6.42 Å². The molecule has 2 nitrogen and oxygen atoms in total. The van der Waals surface area contributed by atoms with E-state index in [1.165, 1.54) is 10.6 Å². The van der Waals surface area contributed by atoms with Gasteiger partial charge in [-0.2, -0.15) is 0 Å². The molecule has 1 aromatic carbocycles. The number of anilines is 2. The molecule has 18 heavy (non-hydrogen) atoms. The van der Waals surface area contributed by atoms with E-state index in [1.807, 2.05) is 23.5 Å². The molecule has 0 aliphatic rings. The Hall–Kier alpha value is -1.48. The highest BCUT2D eigenvalue weighted by Crippen LogP contribution is 2.18. The molecule has 0 bridgehead atoms. The lowest BCUT2D eigenvalue weighted by atomic mass is 10.2. The van der Waals surface area contributed by atoms with Crippen molar-refractivity contribution in [1.29, 1.82) is 0 Å². The van der Waals surface area contributed by atoms with Crippen LogP contribution in [0.5, 0.6) is 0 Å². The Labute approximate surface area is 113 Å². The summed E-state index contributed by atoms with van der Waals surface area (Å²) >= 11 is 1.83. The number of hydrogen-bond donors (Lipinski definition) is 1. The maximum absolute atomic E-state index is 5.74. The molecule has 0 amide bonds. The van der Waals surface area contributed by atoms with Crippen molar-refractivity contribution in [2.75, 3.05) is 23.7 Å². The number of benzene rings is 1. The third-order valence-electron chi connectivity index (χ3n) is 2.96. The first-order chi connectivity index (χ1) is 8.79. The van der Waals surface area contributed by atoms with Crippen molar-refractivity contribution in [2.24, 2.45) is 0 Å². The SMILES string of the molecule is CCCN(CCc1cccs1)c1ccc(N)cc1. The van der Waals surface area contributed by atoms with Crippen LogP contribution < -0.4 is 10.6 Å². The molecule has 2 N–H and O–H groups in total. The Morgan fingerprint density at radius 3 is 2.50 bits per heavy atom. The molecule has 2 aromatic rings. The molecule has 0 radical (unpaired) electrons. The summed E-state index contributed by atoms with van der Waals surface area (Å²) in [5, 5.41) is 2.14. The second-order valence-corrected chi connectivity index (χ2v) is 5.44. The van der Waals surface area contributed by atoms with Crippen molar-refractivity contribution in [3.05, 3.63) is 46.7 Å². The molecule has 1 heterocycles. The highest BCUT2D eigenvalue weighted by Gasteiger charge is 2.06. The molecule has 96 valence electrons. The van der Waals surface area contributed by atoms with Gasteiger partial charge in [0.1, 0.15) is 0 Å². The number of nitrogens with zero attached hydrogens (tertiary/aromatic N) is 1. The van der Waals surface area contributed by atoms with E-state index < -0.39 is 0 Å². The van der Waals surface area contributed by atoms with Crippen LogP contribution in [0.2, 0.25) is 0 Å². The smallest absolute Gasteiger partial charge is 0.0367 e. The van der Waals surface area contributed by atoms with Crippen LogP contribution in [0.15, 0.2) is 41.8 Å². The highest BCUT2D eigenvalue weighted by atomic mass is 32.1. The maximum Gasteiger partial charge on any atom is 0.0367 e. The predicted molar refractivity (Wildman–Crippen MR) is 81.4 cm³/mol. The summed E-state index contributed by atoms with van der Waals surface area (Å²) in [7, 11) is 0. The molecular weight excluding hydrogens is 240 g/mol. The molecule has 0 saturated heterocycles. The summed E-state index contributed by atoms with van der Waals surface area (Å²) in [4.78, 5) is 3.88. The van der Waals surface area contributed by atoms with Crippen LogP contribution in [0.25, 0.3) is 0 Å². The standard InChI is InChI=1S/C15H20N2S/c1-2-10-17(11-9-15-4-3-12-18-15)14-7-5-13(16)6-8-14/h3-8,12H,2,9-11,16H2,1H3. The summed E-state index contributed by atoms with van der Waals surface area (Å²) in [6, 6.07) is 12.5. The Kier molecular flexibility index (Phi) is 4.65. The van der Waals surface area contributed by atoms with Gasteiger partial charge in [0.2, 0.25) is 0 Å². The first-order valence-corrected chi connectivity index (χ1v) is 7.30. The lowest BCUT2D eigenvalue weighted by Gasteiger charge is -2.24. The summed E-state index contributed by atoms with van der Waals surface area (Å²) in [6.45, 7) is 4.38. The topological polar surface area (TPSA) is 29.3 Å². The normalized spacial score (nSPS) is 10.5. The van der Waals surface area contributed by atoms with Crippen LogP contribution in [0.4, 0.5) is 11.4 Å². The molecule has 2 rings (SSSR count). The number of nitrogens with two attached hydrogens (primary N) is 1. The van der Waals surface area contributed by atoms with E-state index in [0.717, 1.165) is 31.6 Å². The fourth-order valence-electron chi connectivity index (χ4n) is 2.03. The van der Waals surface area contributed by atoms with Gasteiger partial charge in [-0.3, -0.25) is 0 Å². The molecule has 1 aromatic heterocycles. The Morgan fingerprint density at radius 1 is 1.11 bits per heavy atom. The first-order valence-electron chi connectivity index (χ1n) is 6.42. The fourth-order valence-corrected chi connectivity index (χ4v) is 2.72. The minimum absolute atomic E-state index is 0.827. The second kappa shape index (κ2) is 6.45. The van der Waals surface area contributed by atoms with Gasteiger partial charge in [0.05, 0.1) is 0 Å². The van der Waals surface area contributed by atoms with Crippen molar-refractivity contribution >= 4 is 22.7 Å². The Bertz CT molecular complexity index is 448. The molecule has 0 atom stereocenters. The molecule has 0 fully saturated rings. The summed E-state index contributed by atoms with van der Waals surface area (Å²) < 4.78 is 0. The van der Waals surface area contributed by atoms with Crippen LogP contribution in [-0.4, -0.2) is 13.1 Å². The molecule has 0 aliphatic heterocycles. The van der Waals surface area contributed by atoms with E-state index in [-0.39, 0.29) is 0 Å². The Morgan fingerprint density at radius 2 is 1.89 bits per heavy atom. The van der Waals surface area contributed by atoms with Gasteiger partial charge in [0, 0.05) is 29.3 Å². The van der Waals surface area contributed by atoms with Gasteiger partial charge in [-0.15, -0.1) is 11.3 Å². The average Bonchev–Trinajstić information content (AvgIpc) is 2.89. The largest absolute Gasteiger partial charge is 0.399 e. The third kappa shape index (κ3) is 3.50. The summed E-state index contributed by atoms with van der Waals surface area (Å²) in [5.74, 6) is 0. The quantitative estimate of drug-likeness (QED) is 0.801. The zero-order valence-electron chi connectivity index (χ0n) is 10.8. The van der Waals surface area contributed by atoms with E-state index in [1.54, 1.807) is 0 Å². The first kappa shape index (κ1) is 13.0. The third-order valence-corrected chi connectivity index (χ3v) is 3.90. The van der Waals surface area contributed by atoms with Gasteiger partial charge in [-0.25, -0.2) is 0 Å². The molecule has 3 heteroatoms. The van der Waals surface area contributed by atoms with E-state index >= 15 is 0 Å². The van der Waals surface area contributed by atoms with Crippen molar-refractivity contribution in [1.82, 2.24) is 0 Å². The van der Waals surface area contributed by atoms with Crippen LogP contribution in [0.3, 0.4) is 0 Å². The lowest BCUT2D eigenvalue weighted by molar-refractivity contribution is 0.760. The number of rotatable bonds is 6. The summed E-state index contributed by atoms with van der Waals surface area (Å²) in [5.41, 5.74) is 7.83. The molecule has 0 unspecified atom stereocenters. The zero-order chi connectivity index (χ0) is 12.8. The fraction of sp³-hybridized carbons (Fsp3) is 0.333. The maximum atomic E-state index is 5.74. The van der Waals surface area contributed by atoms with Gasteiger partial charge >= 0.3 is 0 Å². The van der Waals surface area contributed by atoms with E-state index in [0.29, 0.717) is 0 Å². The van der Waals surface area contributed by atoms with Crippen molar-refractivity contribution in [2.45, 2.75) is 19.8 Å². The summed E-state index contributed by atoms with van der Waals surface area (Å²) in [6.07, 6.45) is 2.27. The van der Waals surface area contributed by atoms with Crippen LogP contribution in [0.1, 0.15) is 18.2 Å². The minimum Gasteiger partial charge on any atom is -0.399 e. The monoisotopic (exact) mass is 260 g/mol. The lowest BCUT2D eigenvalue weighted by Crippen LogP contribution is -2.26. The minimum atomic E-state index is 0.827. The number of thiophene rings is 1. The van der Waals surface area contributed by atoms with Gasteiger partial charge in [-0.05, 0) is 48.6 Å². The number of nitrogen functional groups attached to an aromatic ring is 1. The van der Waals surface area contributed by atoms with E-state index in [2.05, 4.69) is 41.5 Å². The molecular formula is C15H20N2S. The average molecular weight is 260 g/mol. The van der Waals surface area contributed by atoms with E-state index in [4.69, 9.17) is 5.73 Å². The molecule has 0 spiro atoms. The second-order valence-electron chi connectivity index (χ2n) is 4.41. The zero-order valence-corrected chi connectivity index (χ0v) is 11.6. The Balaban J connectivity index is 2.01. The highest BCUT2D eigenvalue weighted by molar-refractivity contribution is 7.09. The molecule has 0 saturated carbocycles. The van der Waals surface area contributed by atoms with Crippen molar-refractivity contribution in [3.8, 4) is 0 Å².